The molecule has 0 heterocycles. The van der Waals surface area contributed by atoms with Crippen LogP contribution in [-0.2, 0) is 11.8 Å². The lowest BCUT2D eigenvalue weighted by Gasteiger charge is -2.20. The third-order valence-corrected chi connectivity index (χ3v) is 2.44. The quantitative estimate of drug-likeness (QED) is 0.680. The SMILES string of the molecule is CC(C)(F)Cc1ccc(C(C)(C)C)cc1. The van der Waals surface area contributed by atoms with E-state index >= 15 is 0 Å². The van der Waals surface area contributed by atoms with Crippen LogP contribution in [0.25, 0.3) is 0 Å². The Kier molecular flexibility index (Phi) is 3.22. The molecular weight excluding hydrogens is 187 g/mol. The molecule has 0 radical (unpaired) electrons. The first kappa shape index (κ1) is 12.2. The minimum absolute atomic E-state index is 0.170. The van der Waals surface area contributed by atoms with E-state index in [9.17, 15) is 4.39 Å². The van der Waals surface area contributed by atoms with E-state index in [0.29, 0.717) is 6.42 Å². The third kappa shape index (κ3) is 4.03. The van der Waals surface area contributed by atoms with Crippen LogP contribution in [-0.4, -0.2) is 5.67 Å². The molecule has 1 rings (SSSR count). The zero-order chi connectivity index (χ0) is 11.7. The summed E-state index contributed by atoms with van der Waals surface area (Å²) in [4.78, 5) is 0. The van der Waals surface area contributed by atoms with Crippen LogP contribution in [0.5, 0.6) is 0 Å². The first-order valence-electron chi connectivity index (χ1n) is 5.47. The summed E-state index contributed by atoms with van der Waals surface area (Å²) < 4.78 is 13.4. The number of hydrogen-bond acceptors (Lipinski definition) is 0. The zero-order valence-corrected chi connectivity index (χ0v) is 10.4. The molecule has 1 aromatic carbocycles. The van der Waals surface area contributed by atoms with Crippen molar-refractivity contribution in [2.45, 2.75) is 52.1 Å². The predicted molar refractivity (Wildman–Crippen MR) is 64.0 cm³/mol. The van der Waals surface area contributed by atoms with Crippen LogP contribution < -0.4 is 0 Å². The van der Waals surface area contributed by atoms with E-state index in [4.69, 9.17) is 0 Å². The first-order valence-corrected chi connectivity index (χ1v) is 5.47. The molecule has 0 saturated carbocycles. The summed E-state index contributed by atoms with van der Waals surface area (Å²) in [7, 11) is 0. The van der Waals surface area contributed by atoms with Crippen LogP contribution >= 0.6 is 0 Å². The first-order chi connectivity index (χ1) is 6.68. The Bertz CT molecular complexity index is 309. The summed E-state index contributed by atoms with van der Waals surface area (Å²) >= 11 is 0. The molecule has 0 unspecified atom stereocenters. The fourth-order valence-corrected chi connectivity index (χ4v) is 1.61. The number of hydrogen-bond donors (Lipinski definition) is 0. The smallest absolute Gasteiger partial charge is 0.109 e. The van der Waals surface area contributed by atoms with Crippen molar-refractivity contribution in [3.8, 4) is 0 Å². The second-order valence-electron chi connectivity index (χ2n) is 5.84. The van der Waals surface area contributed by atoms with Crippen LogP contribution in [0.3, 0.4) is 0 Å². The van der Waals surface area contributed by atoms with Gasteiger partial charge in [-0.25, -0.2) is 4.39 Å². The molecular formula is C14H21F. The third-order valence-electron chi connectivity index (χ3n) is 2.44. The molecule has 15 heavy (non-hydrogen) atoms. The number of benzene rings is 1. The van der Waals surface area contributed by atoms with Gasteiger partial charge in [0.05, 0.1) is 0 Å². The molecule has 0 amide bonds. The maximum Gasteiger partial charge on any atom is 0.109 e. The Balaban J connectivity index is 2.82. The van der Waals surface area contributed by atoms with E-state index in [1.165, 1.54) is 5.56 Å². The molecule has 0 aliphatic heterocycles. The van der Waals surface area contributed by atoms with Crippen molar-refractivity contribution in [3.63, 3.8) is 0 Å². The molecule has 0 bridgehead atoms. The van der Waals surface area contributed by atoms with E-state index in [-0.39, 0.29) is 5.41 Å². The van der Waals surface area contributed by atoms with Crippen LogP contribution in [0.15, 0.2) is 24.3 Å². The summed E-state index contributed by atoms with van der Waals surface area (Å²) in [6, 6.07) is 8.26. The monoisotopic (exact) mass is 208 g/mol. The standard InChI is InChI=1S/C14H21F/c1-13(2,3)12-8-6-11(7-9-12)10-14(4,5)15/h6-9H,10H2,1-5H3. The van der Waals surface area contributed by atoms with Gasteiger partial charge in [-0.15, -0.1) is 0 Å². The van der Waals surface area contributed by atoms with E-state index in [1.807, 2.05) is 12.1 Å². The van der Waals surface area contributed by atoms with Gasteiger partial charge < -0.3 is 0 Å². The van der Waals surface area contributed by atoms with Crippen molar-refractivity contribution in [2.24, 2.45) is 0 Å². The van der Waals surface area contributed by atoms with Gasteiger partial charge in [0, 0.05) is 6.42 Å². The zero-order valence-electron chi connectivity index (χ0n) is 10.4. The number of halogens is 1. The molecule has 0 fully saturated rings. The van der Waals surface area contributed by atoms with E-state index in [0.717, 1.165) is 5.56 Å². The van der Waals surface area contributed by atoms with Crippen molar-refractivity contribution in [1.29, 1.82) is 0 Å². The van der Waals surface area contributed by atoms with Gasteiger partial charge in [0.1, 0.15) is 5.67 Å². The average Bonchev–Trinajstić information content (AvgIpc) is 2.00. The molecule has 0 atom stereocenters. The highest BCUT2D eigenvalue weighted by atomic mass is 19.1. The average molecular weight is 208 g/mol. The summed E-state index contributed by atoms with van der Waals surface area (Å²) in [5, 5.41) is 0. The second kappa shape index (κ2) is 3.96. The highest BCUT2D eigenvalue weighted by molar-refractivity contribution is 5.28. The lowest BCUT2D eigenvalue weighted by atomic mass is 9.86. The Labute approximate surface area is 92.5 Å². The summed E-state index contributed by atoms with van der Waals surface area (Å²) in [5.41, 5.74) is 1.41. The topological polar surface area (TPSA) is 0 Å². The van der Waals surface area contributed by atoms with E-state index in [1.54, 1.807) is 13.8 Å². The summed E-state index contributed by atoms with van der Waals surface area (Å²) in [5.74, 6) is 0. The molecule has 84 valence electrons. The molecule has 0 aromatic heterocycles. The minimum Gasteiger partial charge on any atom is -0.244 e. The predicted octanol–water partition coefficient (Wildman–Crippen LogP) is 4.27. The molecule has 0 saturated heterocycles. The number of alkyl halides is 1. The van der Waals surface area contributed by atoms with Gasteiger partial charge in [-0.3, -0.25) is 0 Å². The molecule has 0 nitrogen and oxygen atoms in total. The Hall–Kier alpha value is -0.850. The summed E-state index contributed by atoms with van der Waals surface area (Å²) in [6.45, 7) is 9.78. The molecule has 0 aliphatic carbocycles. The summed E-state index contributed by atoms with van der Waals surface area (Å²) in [6.07, 6.45) is 0.484. The molecule has 1 aromatic rings. The Morgan fingerprint density at radius 2 is 1.40 bits per heavy atom. The lowest BCUT2D eigenvalue weighted by Crippen LogP contribution is -2.16. The normalized spacial score (nSPS) is 12.9. The fraction of sp³-hybridized carbons (Fsp3) is 0.571. The molecule has 0 N–H and O–H groups in total. The highest BCUT2D eigenvalue weighted by Gasteiger charge is 2.17. The van der Waals surface area contributed by atoms with Gasteiger partial charge in [0.2, 0.25) is 0 Å². The molecule has 0 aliphatic rings. The van der Waals surface area contributed by atoms with Gasteiger partial charge in [0.15, 0.2) is 0 Å². The number of rotatable bonds is 2. The Morgan fingerprint density at radius 3 is 1.73 bits per heavy atom. The Morgan fingerprint density at radius 1 is 0.933 bits per heavy atom. The van der Waals surface area contributed by atoms with Gasteiger partial charge in [-0.05, 0) is 30.4 Å². The van der Waals surface area contributed by atoms with Gasteiger partial charge in [-0.1, -0.05) is 45.0 Å². The van der Waals surface area contributed by atoms with Crippen LogP contribution in [0, 0.1) is 0 Å². The van der Waals surface area contributed by atoms with Gasteiger partial charge in [0.25, 0.3) is 0 Å². The lowest BCUT2D eigenvalue weighted by molar-refractivity contribution is 0.217. The fourth-order valence-electron chi connectivity index (χ4n) is 1.61. The van der Waals surface area contributed by atoms with Crippen LogP contribution in [0.1, 0.15) is 45.7 Å². The minimum atomic E-state index is -1.12. The maximum atomic E-state index is 13.4. The van der Waals surface area contributed by atoms with Gasteiger partial charge >= 0.3 is 0 Å². The highest BCUT2D eigenvalue weighted by Crippen LogP contribution is 2.24. The van der Waals surface area contributed by atoms with Crippen molar-refractivity contribution in [2.75, 3.05) is 0 Å². The molecule has 1 heteroatoms. The van der Waals surface area contributed by atoms with E-state index < -0.39 is 5.67 Å². The largest absolute Gasteiger partial charge is 0.244 e. The molecule has 0 spiro atoms. The van der Waals surface area contributed by atoms with Crippen LogP contribution in [0.2, 0.25) is 0 Å². The maximum absolute atomic E-state index is 13.4. The second-order valence-corrected chi connectivity index (χ2v) is 5.84. The van der Waals surface area contributed by atoms with Crippen molar-refractivity contribution in [3.05, 3.63) is 35.4 Å². The van der Waals surface area contributed by atoms with Crippen molar-refractivity contribution in [1.82, 2.24) is 0 Å². The van der Waals surface area contributed by atoms with Crippen molar-refractivity contribution >= 4 is 0 Å². The van der Waals surface area contributed by atoms with Gasteiger partial charge in [-0.2, -0.15) is 0 Å². The van der Waals surface area contributed by atoms with E-state index in [2.05, 4.69) is 32.9 Å². The van der Waals surface area contributed by atoms with Crippen molar-refractivity contribution < 1.29 is 4.39 Å². The van der Waals surface area contributed by atoms with Crippen LogP contribution in [0.4, 0.5) is 4.39 Å².